The van der Waals surface area contributed by atoms with Gasteiger partial charge in [-0.3, -0.25) is 4.79 Å². The lowest BCUT2D eigenvalue weighted by atomic mass is 9.95. The molecule has 1 aromatic heterocycles. The van der Waals surface area contributed by atoms with Gasteiger partial charge < -0.3 is 10.6 Å². The third kappa shape index (κ3) is 5.14. The predicted molar refractivity (Wildman–Crippen MR) is 147 cm³/mol. The first-order valence-corrected chi connectivity index (χ1v) is 13.1. The fourth-order valence-electron chi connectivity index (χ4n) is 4.07. The van der Waals surface area contributed by atoms with E-state index in [-0.39, 0.29) is 5.91 Å². The molecule has 0 saturated carbocycles. The predicted octanol–water partition coefficient (Wildman–Crippen LogP) is 7.11. The zero-order valence-electron chi connectivity index (χ0n) is 19.6. The number of nitrogens with zero attached hydrogens (tertiary/aromatic N) is 3. The van der Waals surface area contributed by atoms with Crippen molar-refractivity contribution in [3.8, 4) is 0 Å². The van der Waals surface area contributed by atoms with Crippen LogP contribution in [0.4, 0.5) is 11.6 Å². The summed E-state index contributed by atoms with van der Waals surface area (Å²) in [5, 5.41) is 13.1. The monoisotopic (exact) mass is 535 g/mol. The summed E-state index contributed by atoms with van der Waals surface area (Å²) < 4.78 is 1.77. The molecule has 1 unspecified atom stereocenters. The summed E-state index contributed by atoms with van der Waals surface area (Å²) in [6.07, 6.45) is 0. The second kappa shape index (κ2) is 10.4. The van der Waals surface area contributed by atoms with E-state index in [1.54, 1.807) is 4.68 Å². The second-order valence-corrected chi connectivity index (χ2v) is 10.3. The molecule has 3 aromatic carbocycles. The minimum Gasteiger partial charge on any atom is -0.328 e. The Labute approximate surface area is 223 Å². The van der Waals surface area contributed by atoms with Crippen molar-refractivity contribution >= 4 is 52.5 Å². The van der Waals surface area contributed by atoms with Crippen LogP contribution in [0.3, 0.4) is 0 Å². The Balaban J connectivity index is 1.48. The van der Waals surface area contributed by atoms with E-state index in [0.717, 1.165) is 28.1 Å². The third-order valence-corrected chi connectivity index (χ3v) is 7.35. The number of anilines is 2. The number of nitrogens with one attached hydrogen (secondary N) is 2. The van der Waals surface area contributed by atoms with Gasteiger partial charge in [0.15, 0.2) is 0 Å². The minimum absolute atomic E-state index is 0.203. The van der Waals surface area contributed by atoms with Crippen LogP contribution in [0, 0.1) is 6.92 Å². The number of hydrogen-bond donors (Lipinski definition) is 2. The maximum atomic E-state index is 13.6. The lowest BCUT2D eigenvalue weighted by Gasteiger charge is -2.28. The summed E-state index contributed by atoms with van der Waals surface area (Å²) in [4.78, 5) is 18.3. The highest BCUT2D eigenvalue weighted by atomic mass is 35.5. The Bertz CT molecular complexity index is 1450. The van der Waals surface area contributed by atoms with Crippen LogP contribution in [0.25, 0.3) is 0 Å². The fourth-order valence-corrected chi connectivity index (χ4v) is 5.11. The normalized spacial score (nSPS) is 14.8. The van der Waals surface area contributed by atoms with Crippen molar-refractivity contribution in [3.05, 3.63) is 111 Å². The summed E-state index contributed by atoms with van der Waals surface area (Å²) >= 11 is 13.7. The largest absolute Gasteiger partial charge is 0.328 e. The van der Waals surface area contributed by atoms with Gasteiger partial charge in [-0.15, -0.1) is 5.10 Å². The van der Waals surface area contributed by atoms with Crippen LogP contribution in [-0.2, 0) is 10.5 Å². The molecule has 1 aliphatic heterocycles. The average molecular weight is 536 g/mol. The summed E-state index contributed by atoms with van der Waals surface area (Å²) in [6, 6.07) is 22.4. The van der Waals surface area contributed by atoms with E-state index < -0.39 is 6.04 Å². The molecule has 0 bridgehead atoms. The number of aryl methyl sites for hydroxylation is 1. The number of carbonyl (C=O) groups excluding carboxylic acids is 1. The first-order valence-electron chi connectivity index (χ1n) is 11.3. The van der Waals surface area contributed by atoms with E-state index in [4.69, 9.17) is 33.3 Å². The molecular formula is C27H23Cl2N5OS. The van der Waals surface area contributed by atoms with E-state index in [0.29, 0.717) is 32.5 Å². The SMILES string of the molecule is CC1=C(C(=O)Nc2ccccc2C)C(c2ccc(Cl)cc2)n2nc(SCc3ccc(Cl)cc3)nc2N1. The van der Waals surface area contributed by atoms with Crippen molar-refractivity contribution in [2.24, 2.45) is 0 Å². The molecule has 2 heterocycles. The zero-order valence-corrected chi connectivity index (χ0v) is 22.0. The molecule has 1 aliphatic rings. The van der Waals surface area contributed by atoms with Gasteiger partial charge in [0.2, 0.25) is 11.1 Å². The number of halogens is 2. The molecule has 1 amide bonds. The smallest absolute Gasteiger partial charge is 0.255 e. The van der Waals surface area contributed by atoms with Gasteiger partial charge in [0.05, 0.1) is 5.57 Å². The summed E-state index contributed by atoms with van der Waals surface area (Å²) in [7, 11) is 0. The highest BCUT2D eigenvalue weighted by Gasteiger charge is 2.34. The Morgan fingerprint density at radius 3 is 2.36 bits per heavy atom. The van der Waals surface area contributed by atoms with Gasteiger partial charge in [0.25, 0.3) is 5.91 Å². The molecule has 0 fully saturated rings. The van der Waals surface area contributed by atoms with Crippen LogP contribution in [0.5, 0.6) is 0 Å². The highest BCUT2D eigenvalue weighted by molar-refractivity contribution is 7.98. The average Bonchev–Trinajstić information content (AvgIpc) is 3.27. The number of allylic oxidation sites excluding steroid dienone is 1. The van der Waals surface area contributed by atoms with E-state index in [9.17, 15) is 4.79 Å². The van der Waals surface area contributed by atoms with Crippen molar-refractivity contribution in [1.82, 2.24) is 14.8 Å². The van der Waals surface area contributed by atoms with E-state index >= 15 is 0 Å². The molecular weight excluding hydrogens is 513 g/mol. The van der Waals surface area contributed by atoms with Crippen molar-refractivity contribution in [1.29, 1.82) is 0 Å². The van der Waals surface area contributed by atoms with Crippen LogP contribution in [0.15, 0.2) is 89.2 Å². The van der Waals surface area contributed by atoms with Gasteiger partial charge in [-0.25, -0.2) is 4.68 Å². The van der Waals surface area contributed by atoms with Crippen molar-refractivity contribution in [3.63, 3.8) is 0 Å². The third-order valence-electron chi connectivity index (χ3n) is 5.94. The van der Waals surface area contributed by atoms with Crippen LogP contribution >= 0.6 is 35.0 Å². The first kappa shape index (κ1) is 24.4. The molecule has 0 saturated heterocycles. The standard InChI is InChI=1S/C27H23Cl2N5OS/c1-16-5-3-4-6-22(16)31-25(35)23-17(2)30-26-32-27(36-15-18-7-11-20(28)12-8-18)33-34(26)24(23)19-9-13-21(29)14-10-19/h3-14,24H,15H2,1-2H3,(H,31,35)(H,30,32,33). The molecule has 5 rings (SSSR count). The maximum absolute atomic E-state index is 13.6. The number of benzene rings is 3. The molecule has 6 nitrogen and oxygen atoms in total. The maximum Gasteiger partial charge on any atom is 0.255 e. The van der Waals surface area contributed by atoms with Crippen LogP contribution < -0.4 is 10.6 Å². The number of fused-ring (bicyclic) bond motifs is 1. The van der Waals surface area contributed by atoms with E-state index in [1.165, 1.54) is 11.8 Å². The lowest BCUT2D eigenvalue weighted by Crippen LogP contribution is -2.31. The molecule has 9 heteroatoms. The Morgan fingerprint density at radius 1 is 1.00 bits per heavy atom. The summed E-state index contributed by atoms with van der Waals surface area (Å²) in [5.41, 5.74) is 5.03. The molecule has 0 radical (unpaired) electrons. The number of hydrogen-bond acceptors (Lipinski definition) is 5. The van der Waals surface area contributed by atoms with Crippen LogP contribution in [0.1, 0.15) is 29.7 Å². The summed E-state index contributed by atoms with van der Waals surface area (Å²) in [5.74, 6) is 1.07. The Kier molecular flexibility index (Phi) is 7.05. The van der Waals surface area contributed by atoms with Gasteiger partial charge in [-0.05, 0) is 60.9 Å². The number of para-hydroxylation sites is 1. The molecule has 182 valence electrons. The van der Waals surface area contributed by atoms with Crippen LogP contribution in [0.2, 0.25) is 10.0 Å². The topological polar surface area (TPSA) is 71.8 Å². The van der Waals surface area contributed by atoms with Gasteiger partial charge in [-0.2, -0.15) is 4.98 Å². The van der Waals surface area contributed by atoms with Gasteiger partial charge in [0, 0.05) is 27.2 Å². The Morgan fingerprint density at radius 2 is 1.67 bits per heavy atom. The minimum atomic E-state index is -0.472. The van der Waals surface area contributed by atoms with Crippen molar-refractivity contribution in [2.75, 3.05) is 10.6 Å². The van der Waals surface area contributed by atoms with Gasteiger partial charge >= 0.3 is 0 Å². The van der Waals surface area contributed by atoms with Gasteiger partial charge in [-0.1, -0.05) is 77.4 Å². The number of aromatic nitrogens is 3. The van der Waals surface area contributed by atoms with E-state index in [2.05, 4.69) is 10.6 Å². The number of rotatable bonds is 6. The lowest BCUT2D eigenvalue weighted by molar-refractivity contribution is -0.113. The molecule has 0 spiro atoms. The van der Waals surface area contributed by atoms with Crippen molar-refractivity contribution < 1.29 is 4.79 Å². The molecule has 2 N–H and O–H groups in total. The Hall–Kier alpha value is -3.26. The number of carbonyl (C=O) groups is 1. The molecule has 4 aromatic rings. The van der Waals surface area contributed by atoms with Crippen molar-refractivity contribution in [2.45, 2.75) is 30.8 Å². The molecule has 36 heavy (non-hydrogen) atoms. The summed E-state index contributed by atoms with van der Waals surface area (Å²) in [6.45, 7) is 3.85. The van der Waals surface area contributed by atoms with Crippen LogP contribution in [-0.4, -0.2) is 20.7 Å². The quantitative estimate of drug-likeness (QED) is 0.257. The fraction of sp³-hybridized carbons (Fsp3) is 0.148. The first-order chi connectivity index (χ1) is 17.4. The molecule has 0 aliphatic carbocycles. The van der Waals surface area contributed by atoms with E-state index in [1.807, 2.05) is 86.6 Å². The number of thioether (sulfide) groups is 1. The van der Waals surface area contributed by atoms with Gasteiger partial charge in [0.1, 0.15) is 6.04 Å². The zero-order chi connectivity index (χ0) is 25.2. The second-order valence-electron chi connectivity index (χ2n) is 8.46. The highest BCUT2D eigenvalue weighted by Crippen LogP contribution is 2.37. The number of amides is 1. The molecule has 1 atom stereocenters.